The van der Waals surface area contributed by atoms with E-state index in [1.165, 1.54) is 6.33 Å². The van der Waals surface area contributed by atoms with E-state index in [0.717, 1.165) is 37.7 Å². The SMILES string of the molecule is CCC(=O)c1cccc(C[C@H](Nc2ccccn2)C(=O)N[C@@H](Cc2c[nH]cn2)C(=O)[N][C@@H](CC(C)C)[C@@H](O)CC(=O)C2CCCCC2)c1. The van der Waals surface area contributed by atoms with Gasteiger partial charge >= 0.3 is 0 Å². The Kier molecular flexibility index (Phi) is 13.9. The molecule has 1 aliphatic rings. The number of ketones is 2. The van der Waals surface area contributed by atoms with Crippen molar-refractivity contribution in [2.45, 2.75) is 109 Å². The number of aliphatic hydroxyl groups is 1. The summed E-state index contributed by atoms with van der Waals surface area (Å²) < 4.78 is 0. The molecule has 1 aliphatic carbocycles. The molecule has 48 heavy (non-hydrogen) atoms. The van der Waals surface area contributed by atoms with E-state index in [2.05, 4.69) is 30.9 Å². The van der Waals surface area contributed by atoms with Crippen LogP contribution in [0.15, 0.2) is 61.2 Å². The van der Waals surface area contributed by atoms with Gasteiger partial charge in [0.2, 0.25) is 5.91 Å². The number of carbonyl (C=O) groups is 4. The Balaban J connectivity index is 1.54. The molecule has 2 heterocycles. The van der Waals surface area contributed by atoms with E-state index >= 15 is 0 Å². The van der Waals surface area contributed by atoms with Gasteiger partial charge in [0.25, 0.3) is 5.91 Å². The molecule has 0 unspecified atom stereocenters. The monoisotopic (exact) mass is 657 g/mol. The molecule has 11 heteroatoms. The number of nitrogens with one attached hydrogen (secondary N) is 3. The first-order valence-electron chi connectivity index (χ1n) is 17.2. The average molecular weight is 658 g/mol. The number of nitrogens with zero attached hydrogens (tertiary/aromatic N) is 3. The van der Waals surface area contributed by atoms with Crippen molar-refractivity contribution in [3.05, 3.63) is 78.0 Å². The standard InChI is InChI=1S/C37H49N6O5/c1-4-32(44)27-14-10-11-25(18-27)19-30(41-35-15-8-9-16-39-35)36(47)43-31(20-28-22-38-23-40-28)37(48)42-29(17-24(2)3)34(46)21-33(45)26-12-6-5-7-13-26/h8-11,14-16,18,22-24,26,29-31,34,46H,4-7,12-13,17,19-21H2,1-3H3,(H,38,40)(H,39,41)(H,43,47)/t29-,30-,31-,34-/m0/s1. The van der Waals surface area contributed by atoms with Crippen LogP contribution in [-0.2, 0) is 27.2 Å². The van der Waals surface area contributed by atoms with Crippen molar-refractivity contribution in [1.82, 2.24) is 25.6 Å². The van der Waals surface area contributed by atoms with Gasteiger partial charge in [-0.1, -0.05) is 64.3 Å². The number of anilines is 1. The number of benzene rings is 1. The topological polar surface area (TPSA) is 168 Å². The summed E-state index contributed by atoms with van der Waals surface area (Å²) in [4.78, 5) is 64.8. The third-order valence-corrected chi connectivity index (χ3v) is 8.82. The van der Waals surface area contributed by atoms with E-state index in [4.69, 9.17) is 0 Å². The summed E-state index contributed by atoms with van der Waals surface area (Å²) in [6, 6.07) is 9.73. The van der Waals surface area contributed by atoms with Crippen LogP contribution in [0.1, 0.15) is 93.8 Å². The quantitative estimate of drug-likeness (QED) is 0.144. The number of amides is 2. The Hall–Kier alpha value is -4.38. The predicted octanol–water partition coefficient (Wildman–Crippen LogP) is 4.59. The Morgan fingerprint density at radius 1 is 1.00 bits per heavy atom. The summed E-state index contributed by atoms with van der Waals surface area (Å²) in [5.41, 5.74) is 1.88. The Morgan fingerprint density at radius 3 is 2.46 bits per heavy atom. The highest BCUT2D eigenvalue weighted by Crippen LogP contribution is 2.26. The van der Waals surface area contributed by atoms with Crippen LogP contribution in [0.2, 0.25) is 0 Å². The number of aliphatic hydroxyl groups excluding tert-OH is 1. The molecule has 0 bridgehead atoms. The number of hydrogen-bond acceptors (Lipinski definition) is 8. The van der Waals surface area contributed by atoms with E-state index in [-0.39, 0.29) is 42.7 Å². The van der Waals surface area contributed by atoms with Gasteiger partial charge in [-0.3, -0.25) is 19.2 Å². The van der Waals surface area contributed by atoms with Crippen molar-refractivity contribution in [3.8, 4) is 0 Å². The van der Waals surface area contributed by atoms with Crippen molar-refractivity contribution in [2.75, 3.05) is 5.32 Å². The normalized spacial score (nSPS) is 16.0. The molecular weight excluding hydrogens is 608 g/mol. The van der Waals surface area contributed by atoms with Crippen LogP contribution < -0.4 is 16.0 Å². The van der Waals surface area contributed by atoms with Crippen LogP contribution >= 0.6 is 0 Å². The lowest BCUT2D eigenvalue weighted by atomic mass is 9.83. The van der Waals surface area contributed by atoms with Gasteiger partial charge in [-0.2, -0.15) is 0 Å². The second kappa shape index (κ2) is 18.2. The highest BCUT2D eigenvalue weighted by atomic mass is 16.3. The van der Waals surface area contributed by atoms with E-state index in [0.29, 0.717) is 29.9 Å². The maximum atomic E-state index is 14.0. The fraction of sp³-hybridized carbons (Fsp3) is 0.514. The van der Waals surface area contributed by atoms with Crippen LogP contribution in [0.3, 0.4) is 0 Å². The Bertz CT molecular complexity index is 1470. The fourth-order valence-electron chi connectivity index (χ4n) is 6.20. The first-order chi connectivity index (χ1) is 23.1. The van der Waals surface area contributed by atoms with Crippen LogP contribution in [0.25, 0.3) is 0 Å². The lowest BCUT2D eigenvalue weighted by molar-refractivity contribution is -0.131. The zero-order chi connectivity index (χ0) is 34.5. The number of H-pyrrole nitrogens is 1. The van der Waals surface area contributed by atoms with Crippen LogP contribution in [0, 0.1) is 11.8 Å². The minimum atomic E-state index is -1.11. The summed E-state index contributed by atoms with van der Waals surface area (Å²) in [5, 5.41) is 21.7. The van der Waals surface area contributed by atoms with Crippen LogP contribution in [-0.4, -0.2) is 67.7 Å². The van der Waals surface area contributed by atoms with Gasteiger partial charge in [-0.05, 0) is 48.9 Å². The summed E-state index contributed by atoms with van der Waals surface area (Å²) >= 11 is 0. The van der Waals surface area contributed by atoms with Crippen molar-refractivity contribution < 1.29 is 24.3 Å². The summed E-state index contributed by atoms with van der Waals surface area (Å²) in [7, 11) is 0. The van der Waals surface area contributed by atoms with E-state index in [1.807, 2.05) is 19.9 Å². The molecule has 4 N–H and O–H groups in total. The first kappa shape index (κ1) is 36.5. The van der Waals surface area contributed by atoms with Gasteiger partial charge in [0.05, 0.1) is 24.2 Å². The van der Waals surface area contributed by atoms with Gasteiger partial charge in [-0.15, -0.1) is 0 Å². The van der Waals surface area contributed by atoms with E-state index in [9.17, 15) is 24.3 Å². The molecule has 0 aliphatic heterocycles. The first-order valence-corrected chi connectivity index (χ1v) is 17.2. The van der Waals surface area contributed by atoms with Crippen LogP contribution in [0.4, 0.5) is 5.82 Å². The van der Waals surface area contributed by atoms with E-state index < -0.39 is 36.0 Å². The number of hydrogen-bond donors (Lipinski definition) is 4. The molecule has 2 amide bonds. The Labute approximate surface area is 283 Å². The largest absolute Gasteiger partial charge is 0.390 e. The van der Waals surface area contributed by atoms with Crippen molar-refractivity contribution in [2.24, 2.45) is 11.8 Å². The number of aromatic amines is 1. The fourth-order valence-corrected chi connectivity index (χ4v) is 6.20. The number of aromatic nitrogens is 3. The van der Waals surface area contributed by atoms with Crippen molar-refractivity contribution in [1.29, 1.82) is 0 Å². The number of carbonyl (C=O) groups excluding carboxylic acids is 4. The molecule has 2 aromatic heterocycles. The zero-order valence-corrected chi connectivity index (χ0v) is 28.2. The molecule has 11 nitrogen and oxygen atoms in total. The molecule has 1 saturated carbocycles. The summed E-state index contributed by atoms with van der Waals surface area (Å²) in [6.45, 7) is 5.75. The molecule has 0 spiro atoms. The van der Waals surface area contributed by atoms with Gasteiger partial charge in [0, 0.05) is 49.6 Å². The van der Waals surface area contributed by atoms with Crippen molar-refractivity contribution >= 4 is 29.2 Å². The molecule has 3 aromatic rings. The number of rotatable bonds is 18. The van der Waals surface area contributed by atoms with Crippen LogP contribution in [0.5, 0.6) is 0 Å². The maximum absolute atomic E-state index is 14.0. The molecule has 4 atom stereocenters. The predicted molar refractivity (Wildman–Crippen MR) is 183 cm³/mol. The molecule has 1 radical (unpaired) electrons. The number of pyridine rings is 1. The van der Waals surface area contributed by atoms with E-state index in [1.54, 1.807) is 55.7 Å². The molecule has 1 fully saturated rings. The average Bonchev–Trinajstić information content (AvgIpc) is 3.61. The zero-order valence-electron chi connectivity index (χ0n) is 28.2. The van der Waals surface area contributed by atoms with Gasteiger partial charge in [-0.25, -0.2) is 15.3 Å². The van der Waals surface area contributed by atoms with Crippen molar-refractivity contribution in [3.63, 3.8) is 0 Å². The lowest BCUT2D eigenvalue weighted by Gasteiger charge is -2.28. The third kappa shape index (κ3) is 11.1. The summed E-state index contributed by atoms with van der Waals surface area (Å²) in [6.07, 6.45) is 9.46. The Morgan fingerprint density at radius 2 is 1.79 bits per heavy atom. The minimum Gasteiger partial charge on any atom is -0.390 e. The number of Topliss-reactive ketones (excluding diaryl/α,β-unsaturated/α-hetero) is 2. The highest BCUT2D eigenvalue weighted by Gasteiger charge is 2.33. The second-order valence-corrected chi connectivity index (χ2v) is 13.2. The lowest BCUT2D eigenvalue weighted by Crippen LogP contribution is -2.53. The molecule has 257 valence electrons. The molecule has 4 rings (SSSR count). The molecule has 1 aromatic carbocycles. The van der Waals surface area contributed by atoms with Gasteiger partial charge < -0.3 is 20.7 Å². The smallest absolute Gasteiger partial charge is 0.264 e. The molecule has 0 saturated heterocycles. The second-order valence-electron chi connectivity index (χ2n) is 13.2. The van der Waals surface area contributed by atoms with Gasteiger partial charge in [0.15, 0.2) is 5.78 Å². The minimum absolute atomic E-state index is 0.000363. The third-order valence-electron chi connectivity index (χ3n) is 8.82. The molecular formula is C37H49N6O5. The number of imidazole rings is 1. The van der Waals surface area contributed by atoms with Gasteiger partial charge in [0.1, 0.15) is 23.7 Å². The summed E-state index contributed by atoms with van der Waals surface area (Å²) in [5.74, 6) is -0.527. The highest BCUT2D eigenvalue weighted by molar-refractivity contribution is 5.96. The maximum Gasteiger partial charge on any atom is 0.264 e.